The van der Waals surface area contributed by atoms with Crippen molar-refractivity contribution in [2.45, 2.75) is 5.92 Å². The molecule has 1 aromatic rings. The minimum atomic E-state index is -1.00. The highest BCUT2D eigenvalue weighted by Gasteiger charge is 2.20. The van der Waals surface area contributed by atoms with Crippen molar-refractivity contribution < 1.29 is 14.7 Å². The molecule has 0 radical (unpaired) electrons. The van der Waals surface area contributed by atoms with Crippen molar-refractivity contribution in [2.75, 3.05) is 6.54 Å². The fourth-order valence-corrected chi connectivity index (χ4v) is 0.957. The van der Waals surface area contributed by atoms with Crippen LogP contribution in [0.3, 0.4) is 0 Å². The average molecular weight is 183 g/mol. The third-order valence-electron chi connectivity index (χ3n) is 1.60. The molecule has 6 heteroatoms. The van der Waals surface area contributed by atoms with E-state index in [4.69, 9.17) is 5.11 Å². The molecule has 6 nitrogen and oxygen atoms in total. The molecule has 1 aromatic heterocycles. The number of hydrogen-bond acceptors (Lipinski definition) is 3. The number of carboxylic acids is 1. The van der Waals surface area contributed by atoms with Gasteiger partial charge in [0, 0.05) is 12.7 Å². The van der Waals surface area contributed by atoms with Gasteiger partial charge in [-0.25, -0.2) is 0 Å². The topological polar surface area (TPSA) is 95.1 Å². The van der Waals surface area contributed by atoms with E-state index in [9.17, 15) is 9.59 Å². The van der Waals surface area contributed by atoms with Crippen LogP contribution in [0.15, 0.2) is 12.3 Å². The zero-order valence-electron chi connectivity index (χ0n) is 6.73. The summed E-state index contributed by atoms with van der Waals surface area (Å²) in [5, 5.41) is 17.2. The lowest BCUT2D eigenvalue weighted by molar-refractivity contribution is -0.138. The predicted octanol–water partition coefficient (Wildman–Crippen LogP) is -0.676. The number of aromatic amines is 1. The standard InChI is InChI=1S/C7H9N3O3/c11-4-8-3-5(7(12)13)6-1-2-9-10-6/h1-2,4-5H,3H2,(H,8,11)(H,9,10)(H,12,13). The van der Waals surface area contributed by atoms with Gasteiger partial charge in [-0.05, 0) is 6.07 Å². The minimum absolute atomic E-state index is 0.0566. The van der Waals surface area contributed by atoms with Crippen LogP contribution in [0.1, 0.15) is 11.6 Å². The van der Waals surface area contributed by atoms with Crippen molar-refractivity contribution in [1.29, 1.82) is 0 Å². The van der Waals surface area contributed by atoms with E-state index in [1.54, 1.807) is 6.07 Å². The molecule has 1 atom stereocenters. The van der Waals surface area contributed by atoms with Crippen molar-refractivity contribution in [3.05, 3.63) is 18.0 Å². The molecule has 0 saturated carbocycles. The lowest BCUT2D eigenvalue weighted by Crippen LogP contribution is -2.26. The highest BCUT2D eigenvalue weighted by molar-refractivity contribution is 5.76. The van der Waals surface area contributed by atoms with Gasteiger partial charge >= 0.3 is 5.97 Å². The van der Waals surface area contributed by atoms with Crippen molar-refractivity contribution in [2.24, 2.45) is 0 Å². The van der Waals surface area contributed by atoms with Crippen LogP contribution in [0, 0.1) is 0 Å². The molecule has 1 heterocycles. The van der Waals surface area contributed by atoms with Crippen molar-refractivity contribution >= 4 is 12.4 Å². The zero-order valence-corrected chi connectivity index (χ0v) is 6.73. The molecule has 0 bridgehead atoms. The lowest BCUT2D eigenvalue weighted by atomic mass is 10.1. The monoisotopic (exact) mass is 183 g/mol. The number of H-pyrrole nitrogens is 1. The van der Waals surface area contributed by atoms with Crippen LogP contribution >= 0.6 is 0 Å². The second-order valence-corrected chi connectivity index (χ2v) is 2.43. The number of aliphatic carboxylic acids is 1. The number of carboxylic acid groups (broad SMARTS) is 1. The molecule has 0 aliphatic carbocycles. The van der Waals surface area contributed by atoms with E-state index >= 15 is 0 Å². The van der Waals surface area contributed by atoms with Crippen LogP contribution in [-0.2, 0) is 9.59 Å². The first-order valence-electron chi connectivity index (χ1n) is 3.65. The molecule has 3 N–H and O–H groups in total. The molecule has 1 amide bonds. The largest absolute Gasteiger partial charge is 0.481 e. The molecule has 1 rings (SSSR count). The Bertz CT molecular complexity index is 283. The van der Waals surface area contributed by atoms with Crippen LogP contribution in [0.25, 0.3) is 0 Å². The molecule has 13 heavy (non-hydrogen) atoms. The number of hydrogen-bond donors (Lipinski definition) is 3. The molecule has 0 aliphatic rings. The van der Waals surface area contributed by atoms with Gasteiger partial charge in [0.25, 0.3) is 0 Å². The van der Waals surface area contributed by atoms with Crippen molar-refractivity contribution in [1.82, 2.24) is 15.5 Å². The number of carbonyl (C=O) groups is 2. The van der Waals surface area contributed by atoms with Gasteiger partial charge in [0.05, 0.1) is 5.69 Å². The van der Waals surface area contributed by atoms with Crippen molar-refractivity contribution in [3.8, 4) is 0 Å². The van der Waals surface area contributed by atoms with E-state index in [0.29, 0.717) is 12.1 Å². The second-order valence-electron chi connectivity index (χ2n) is 2.43. The normalized spacial score (nSPS) is 12.0. The van der Waals surface area contributed by atoms with Crippen LogP contribution in [0.4, 0.5) is 0 Å². The predicted molar refractivity (Wildman–Crippen MR) is 43.0 cm³/mol. The number of amides is 1. The van der Waals surface area contributed by atoms with Gasteiger partial charge < -0.3 is 10.4 Å². The van der Waals surface area contributed by atoms with Gasteiger partial charge in [-0.15, -0.1) is 0 Å². The van der Waals surface area contributed by atoms with Gasteiger partial charge in [-0.3, -0.25) is 14.7 Å². The van der Waals surface area contributed by atoms with Crippen LogP contribution in [0.5, 0.6) is 0 Å². The number of aromatic nitrogens is 2. The molecule has 70 valence electrons. The Labute approximate surface area is 74.0 Å². The molecule has 1 unspecified atom stereocenters. The smallest absolute Gasteiger partial charge is 0.314 e. The first-order chi connectivity index (χ1) is 6.25. The van der Waals surface area contributed by atoms with Crippen LogP contribution in [0.2, 0.25) is 0 Å². The highest BCUT2D eigenvalue weighted by Crippen LogP contribution is 2.10. The summed E-state index contributed by atoms with van der Waals surface area (Å²) in [6.45, 7) is 0.0566. The van der Waals surface area contributed by atoms with Crippen LogP contribution in [-0.4, -0.2) is 34.2 Å². The average Bonchev–Trinajstić information content (AvgIpc) is 2.57. The van der Waals surface area contributed by atoms with Gasteiger partial charge in [0.15, 0.2) is 0 Å². The summed E-state index contributed by atoms with van der Waals surface area (Å²) < 4.78 is 0. The summed E-state index contributed by atoms with van der Waals surface area (Å²) in [5.74, 6) is -1.77. The maximum Gasteiger partial charge on any atom is 0.314 e. The number of nitrogens with one attached hydrogen (secondary N) is 2. The highest BCUT2D eigenvalue weighted by atomic mass is 16.4. The third-order valence-corrected chi connectivity index (χ3v) is 1.60. The van der Waals surface area contributed by atoms with E-state index in [-0.39, 0.29) is 6.54 Å². The van der Waals surface area contributed by atoms with E-state index < -0.39 is 11.9 Å². The van der Waals surface area contributed by atoms with Gasteiger partial charge in [0.1, 0.15) is 5.92 Å². The third kappa shape index (κ3) is 2.29. The summed E-state index contributed by atoms with van der Waals surface area (Å²) in [7, 11) is 0. The number of rotatable bonds is 5. The first-order valence-corrected chi connectivity index (χ1v) is 3.65. The summed E-state index contributed by atoms with van der Waals surface area (Å²) in [4.78, 5) is 20.7. The summed E-state index contributed by atoms with van der Waals surface area (Å²) in [5.41, 5.74) is 0.474. The van der Waals surface area contributed by atoms with E-state index in [0.717, 1.165) is 0 Å². The van der Waals surface area contributed by atoms with Gasteiger partial charge in [0.2, 0.25) is 6.41 Å². The maximum absolute atomic E-state index is 10.7. The van der Waals surface area contributed by atoms with E-state index in [1.165, 1.54) is 6.20 Å². The molecule has 0 aromatic carbocycles. The number of nitrogens with zero attached hydrogens (tertiary/aromatic N) is 1. The summed E-state index contributed by atoms with van der Waals surface area (Å²) in [6, 6.07) is 1.56. The fourth-order valence-electron chi connectivity index (χ4n) is 0.957. The van der Waals surface area contributed by atoms with E-state index in [1.807, 2.05) is 0 Å². The Morgan fingerprint density at radius 3 is 3.08 bits per heavy atom. The Kier molecular flexibility index (Phi) is 3.02. The molecular formula is C7H9N3O3. The minimum Gasteiger partial charge on any atom is -0.481 e. The van der Waals surface area contributed by atoms with Crippen LogP contribution < -0.4 is 5.32 Å². The summed E-state index contributed by atoms with van der Waals surface area (Å²) >= 11 is 0. The summed E-state index contributed by atoms with van der Waals surface area (Å²) in [6.07, 6.45) is 1.93. The molecule has 0 fully saturated rings. The van der Waals surface area contributed by atoms with Gasteiger partial charge in [-0.2, -0.15) is 5.10 Å². The SMILES string of the molecule is O=CNCC(C(=O)O)c1ccn[nH]1. The Morgan fingerprint density at radius 2 is 2.62 bits per heavy atom. The Hall–Kier alpha value is -1.85. The number of carbonyl (C=O) groups excluding carboxylic acids is 1. The molecule has 0 saturated heterocycles. The van der Waals surface area contributed by atoms with Crippen molar-refractivity contribution in [3.63, 3.8) is 0 Å². The quantitative estimate of drug-likeness (QED) is 0.527. The Morgan fingerprint density at radius 1 is 1.85 bits per heavy atom. The maximum atomic E-state index is 10.7. The second kappa shape index (κ2) is 4.24. The van der Waals surface area contributed by atoms with Gasteiger partial charge in [-0.1, -0.05) is 0 Å². The zero-order chi connectivity index (χ0) is 9.68. The fraction of sp³-hybridized carbons (Fsp3) is 0.286. The molecule has 0 aliphatic heterocycles. The van der Waals surface area contributed by atoms with E-state index in [2.05, 4.69) is 15.5 Å². The molecular weight excluding hydrogens is 174 g/mol. The first kappa shape index (κ1) is 9.24. The Balaban J connectivity index is 2.68. The molecule has 0 spiro atoms. The lowest BCUT2D eigenvalue weighted by Gasteiger charge is -2.08.